The van der Waals surface area contributed by atoms with Crippen LogP contribution in [0.1, 0.15) is 23.2 Å². The summed E-state index contributed by atoms with van der Waals surface area (Å²) in [5.74, 6) is -0.0519. The first-order chi connectivity index (χ1) is 16.7. The summed E-state index contributed by atoms with van der Waals surface area (Å²) in [4.78, 5) is 27.9. The lowest BCUT2D eigenvalue weighted by atomic mass is 10.0. The zero-order chi connectivity index (χ0) is 25.0. The van der Waals surface area contributed by atoms with Crippen molar-refractivity contribution in [1.82, 2.24) is 25.2 Å². The molecule has 11 heteroatoms. The van der Waals surface area contributed by atoms with Crippen LogP contribution in [0.4, 0.5) is 19.1 Å². The highest BCUT2D eigenvalue weighted by molar-refractivity contribution is 5.96. The van der Waals surface area contributed by atoms with Crippen LogP contribution in [0, 0.1) is 0 Å². The molecule has 0 aliphatic carbocycles. The zero-order valence-corrected chi connectivity index (χ0v) is 19.0. The maximum atomic E-state index is 13.1. The van der Waals surface area contributed by atoms with Crippen LogP contribution in [0.5, 0.6) is 5.75 Å². The second-order valence-corrected chi connectivity index (χ2v) is 8.46. The third-order valence-electron chi connectivity index (χ3n) is 5.57. The first-order valence-electron chi connectivity index (χ1n) is 11.1. The van der Waals surface area contributed by atoms with Crippen molar-refractivity contribution in [3.05, 3.63) is 54.4 Å². The van der Waals surface area contributed by atoms with Gasteiger partial charge in [-0.3, -0.25) is 4.79 Å². The second-order valence-electron chi connectivity index (χ2n) is 8.46. The van der Waals surface area contributed by atoms with Gasteiger partial charge in [0, 0.05) is 41.7 Å². The molecule has 2 aromatic heterocycles. The normalized spacial score (nSPS) is 16.6. The Morgan fingerprint density at radius 2 is 1.80 bits per heavy atom. The summed E-state index contributed by atoms with van der Waals surface area (Å²) in [6, 6.07) is 9.38. The van der Waals surface area contributed by atoms with Gasteiger partial charge in [0.1, 0.15) is 5.75 Å². The average molecular weight is 486 g/mol. The van der Waals surface area contributed by atoms with Gasteiger partial charge in [-0.05, 0) is 62.8 Å². The fourth-order valence-electron chi connectivity index (χ4n) is 3.87. The Balaban J connectivity index is 1.63. The van der Waals surface area contributed by atoms with E-state index < -0.39 is 12.8 Å². The van der Waals surface area contributed by atoms with Crippen molar-refractivity contribution in [2.24, 2.45) is 0 Å². The van der Waals surface area contributed by atoms with Crippen molar-refractivity contribution in [2.45, 2.75) is 25.1 Å². The first kappa shape index (κ1) is 24.4. The smallest absolute Gasteiger partial charge is 0.422 e. The van der Waals surface area contributed by atoms with Gasteiger partial charge >= 0.3 is 6.18 Å². The highest BCUT2D eigenvalue weighted by Crippen LogP contribution is 2.27. The molecule has 3 heterocycles. The molecule has 1 amide bonds. The monoisotopic (exact) mass is 486 g/mol. The lowest BCUT2D eigenvalue weighted by Crippen LogP contribution is -2.46. The molecule has 4 rings (SSSR count). The maximum Gasteiger partial charge on any atom is 0.422 e. The number of likely N-dealkylation sites (N-methyl/N-ethyl adjacent to an activating group) is 1. The van der Waals surface area contributed by atoms with E-state index in [0.717, 1.165) is 25.9 Å². The quantitative estimate of drug-likeness (QED) is 0.549. The van der Waals surface area contributed by atoms with Crippen molar-refractivity contribution in [3.8, 4) is 28.3 Å². The molecule has 3 N–H and O–H groups in total. The molecule has 0 radical (unpaired) electrons. The summed E-state index contributed by atoms with van der Waals surface area (Å²) in [5.41, 5.74) is 8.09. The minimum Gasteiger partial charge on any atom is -0.484 e. The Hall–Kier alpha value is -3.73. The van der Waals surface area contributed by atoms with Crippen LogP contribution in [0.2, 0.25) is 0 Å². The first-order valence-corrected chi connectivity index (χ1v) is 11.1. The lowest BCUT2D eigenvalue weighted by Gasteiger charge is -2.30. The van der Waals surface area contributed by atoms with Crippen LogP contribution in [-0.2, 0) is 0 Å². The molecule has 1 atom stereocenters. The summed E-state index contributed by atoms with van der Waals surface area (Å²) >= 11 is 0. The third kappa shape index (κ3) is 6.66. The molecule has 0 bridgehead atoms. The van der Waals surface area contributed by atoms with Gasteiger partial charge in [0.25, 0.3) is 5.91 Å². The highest BCUT2D eigenvalue weighted by atomic mass is 19.4. The van der Waals surface area contributed by atoms with E-state index in [1.807, 2.05) is 7.05 Å². The molecule has 184 valence electrons. The van der Waals surface area contributed by atoms with Gasteiger partial charge < -0.3 is 20.7 Å². The van der Waals surface area contributed by atoms with E-state index in [0.29, 0.717) is 28.1 Å². The number of pyridine rings is 1. The number of rotatable bonds is 6. The number of amides is 1. The lowest BCUT2D eigenvalue weighted by molar-refractivity contribution is -0.153. The van der Waals surface area contributed by atoms with E-state index in [2.05, 4.69) is 25.2 Å². The number of carbonyl (C=O) groups is 1. The summed E-state index contributed by atoms with van der Waals surface area (Å²) in [6.07, 6.45) is 0.498. The molecular weight excluding hydrogens is 461 g/mol. The number of nitrogen functional groups attached to an aromatic ring is 1. The predicted octanol–water partition coefficient (Wildman–Crippen LogP) is 3.55. The summed E-state index contributed by atoms with van der Waals surface area (Å²) in [6.45, 7) is 0.384. The minimum absolute atomic E-state index is 0.0336. The molecule has 1 saturated heterocycles. The van der Waals surface area contributed by atoms with Crippen molar-refractivity contribution in [3.63, 3.8) is 0 Å². The Labute approximate surface area is 200 Å². The molecule has 1 aliphatic rings. The van der Waals surface area contributed by atoms with E-state index in [-0.39, 0.29) is 23.6 Å². The van der Waals surface area contributed by atoms with Gasteiger partial charge in [-0.15, -0.1) is 0 Å². The number of nitrogens with zero attached hydrogens (tertiary/aromatic N) is 4. The third-order valence-corrected chi connectivity index (χ3v) is 5.57. The SMILES string of the molecule is CN1CCCC(NC(=O)c2cc(-c3ccc(OCC(F)(F)F)cc3)nc(-c3cnc(N)nc3)c2)C1. The second kappa shape index (κ2) is 10.3. The fraction of sp³-hybridized carbons (Fsp3) is 0.333. The van der Waals surface area contributed by atoms with Crippen molar-refractivity contribution >= 4 is 11.9 Å². The summed E-state index contributed by atoms with van der Waals surface area (Å²) in [7, 11) is 2.02. The topological polar surface area (TPSA) is 106 Å². The van der Waals surface area contributed by atoms with Crippen LogP contribution in [0.15, 0.2) is 48.8 Å². The minimum atomic E-state index is -4.43. The highest BCUT2D eigenvalue weighted by Gasteiger charge is 2.28. The number of hydrogen-bond acceptors (Lipinski definition) is 7. The molecule has 1 fully saturated rings. The molecule has 1 aliphatic heterocycles. The Morgan fingerprint density at radius 3 is 2.43 bits per heavy atom. The van der Waals surface area contributed by atoms with Crippen LogP contribution in [-0.4, -0.2) is 64.7 Å². The van der Waals surface area contributed by atoms with Crippen molar-refractivity contribution in [1.29, 1.82) is 0 Å². The van der Waals surface area contributed by atoms with Gasteiger partial charge in [-0.25, -0.2) is 15.0 Å². The van der Waals surface area contributed by atoms with Crippen LogP contribution >= 0.6 is 0 Å². The number of piperidine rings is 1. The van der Waals surface area contributed by atoms with Gasteiger partial charge in [-0.2, -0.15) is 13.2 Å². The number of halogens is 3. The number of ether oxygens (including phenoxy) is 1. The number of alkyl halides is 3. The largest absolute Gasteiger partial charge is 0.484 e. The number of nitrogens with one attached hydrogen (secondary N) is 1. The molecule has 35 heavy (non-hydrogen) atoms. The Kier molecular flexibility index (Phi) is 7.15. The molecule has 1 unspecified atom stereocenters. The van der Waals surface area contributed by atoms with E-state index in [4.69, 9.17) is 10.5 Å². The number of hydrogen-bond donors (Lipinski definition) is 2. The standard InChI is InChI=1S/C24H25F3N6O2/c1-33-8-2-3-18(13-33)31-22(34)16-9-20(32-21(10-16)17-11-29-23(28)30-12-17)15-4-6-19(7-5-15)35-14-24(25,26)27/h4-7,9-12,18H,2-3,8,13-14H2,1H3,(H,31,34)(H2,28,29,30). The molecule has 8 nitrogen and oxygen atoms in total. The Morgan fingerprint density at radius 1 is 1.14 bits per heavy atom. The fourth-order valence-corrected chi connectivity index (χ4v) is 3.87. The number of likely N-dealkylation sites (tertiary alicyclic amines) is 1. The van der Waals surface area contributed by atoms with E-state index in [1.165, 1.54) is 24.5 Å². The van der Waals surface area contributed by atoms with Crippen molar-refractivity contribution in [2.75, 3.05) is 32.5 Å². The number of anilines is 1. The van der Waals surface area contributed by atoms with Gasteiger partial charge in [-0.1, -0.05) is 0 Å². The van der Waals surface area contributed by atoms with Crippen LogP contribution < -0.4 is 15.8 Å². The van der Waals surface area contributed by atoms with Gasteiger partial charge in [0.05, 0.1) is 11.4 Å². The van der Waals surface area contributed by atoms with E-state index >= 15 is 0 Å². The van der Waals surface area contributed by atoms with E-state index in [9.17, 15) is 18.0 Å². The number of nitrogens with two attached hydrogens (primary N) is 1. The Bertz CT molecular complexity index is 1170. The molecule has 3 aromatic rings. The zero-order valence-electron chi connectivity index (χ0n) is 19.0. The molecular formula is C24H25F3N6O2. The van der Waals surface area contributed by atoms with Gasteiger partial charge in [0.15, 0.2) is 6.61 Å². The van der Waals surface area contributed by atoms with E-state index in [1.54, 1.807) is 24.3 Å². The van der Waals surface area contributed by atoms with Crippen LogP contribution in [0.3, 0.4) is 0 Å². The predicted molar refractivity (Wildman–Crippen MR) is 125 cm³/mol. The number of benzene rings is 1. The molecule has 0 spiro atoms. The maximum absolute atomic E-state index is 13.1. The number of carbonyl (C=O) groups excluding carboxylic acids is 1. The summed E-state index contributed by atoms with van der Waals surface area (Å²) < 4.78 is 42.1. The number of aromatic nitrogens is 3. The summed E-state index contributed by atoms with van der Waals surface area (Å²) in [5, 5.41) is 3.09. The molecule has 1 aromatic carbocycles. The average Bonchev–Trinajstić information content (AvgIpc) is 2.83. The van der Waals surface area contributed by atoms with Gasteiger partial charge in [0.2, 0.25) is 5.95 Å². The molecule has 0 saturated carbocycles. The van der Waals surface area contributed by atoms with Crippen molar-refractivity contribution < 1.29 is 22.7 Å². The van der Waals surface area contributed by atoms with Crippen LogP contribution in [0.25, 0.3) is 22.5 Å².